The van der Waals surface area contributed by atoms with Gasteiger partial charge < -0.3 is 20.7 Å². The second-order valence-electron chi connectivity index (χ2n) is 4.22. The summed E-state index contributed by atoms with van der Waals surface area (Å²) in [4.78, 5) is 13.8. The molecule has 5 heteroatoms. The summed E-state index contributed by atoms with van der Waals surface area (Å²) in [6, 6.07) is -0.0162. The summed E-state index contributed by atoms with van der Waals surface area (Å²) in [6.07, 6.45) is 1.71. The first-order valence-corrected chi connectivity index (χ1v) is 6.02. The molecule has 0 radical (unpaired) electrons. The predicted octanol–water partition coefficient (Wildman–Crippen LogP) is 0.546. The molecule has 1 fully saturated rings. The maximum atomic E-state index is 12.0. The number of amides is 2. The van der Waals surface area contributed by atoms with E-state index in [1.54, 1.807) is 4.90 Å². The summed E-state index contributed by atoms with van der Waals surface area (Å²) < 4.78 is 5.21. The first kappa shape index (κ1) is 13.3. The predicted molar refractivity (Wildman–Crippen MR) is 63.3 cm³/mol. The molecule has 5 nitrogen and oxygen atoms in total. The van der Waals surface area contributed by atoms with E-state index in [-0.39, 0.29) is 11.6 Å². The quantitative estimate of drug-likeness (QED) is 0.739. The van der Waals surface area contributed by atoms with Crippen molar-refractivity contribution >= 4 is 6.03 Å². The molecule has 0 aromatic rings. The molecule has 0 unspecified atom stereocenters. The van der Waals surface area contributed by atoms with Gasteiger partial charge >= 0.3 is 6.03 Å². The van der Waals surface area contributed by atoms with E-state index in [1.807, 2.05) is 0 Å². The average molecular weight is 229 g/mol. The molecule has 0 aromatic heterocycles. The second-order valence-corrected chi connectivity index (χ2v) is 4.22. The van der Waals surface area contributed by atoms with E-state index in [4.69, 9.17) is 10.5 Å². The van der Waals surface area contributed by atoms with Gasteiger partial charge in [-0.1, -0.05) is 13.8 Å². The molecule has 16 heavy (non-hydrogen) atoms. The summed E-state index contributed by atoms with van der Waals surface area (Å²) in [5.41, 5.74) is 5.49. The topological polar surface area (TPSA) is 67.6 Å². The highest BCUT2D eigenvalue weighted by Gasteiger charge is 2.28. The van der Waals surface area contributed by atoms with E-state index in [1.165, 1.54) is 0 Å². The molecule has 0 aliphatic carbocycles. The molecule has 2 amide bonds. The normalized spacial score (nSPS) is 17.3. The minimum Gasteiger partial charge on any atom is -0.378 e. The Labute approximate surface area is 97.3 Å². The van der Waals surface area contributed by atoms with Gasteiger partial charge in [0.2, 0.25) is 0 Å². The fourth-order valence-corrected chi connectivity index (χ4v) is 1.84. The number of urea groups is 1. The number of nitrogens with one attached hydrogen (secondary N) is 1. The number of morpholine rings is 1. The first-order valence-electron chi connectivity index (χ1n) is 6.02. The lowest BCUT2D eigenvalue weighted by atomic mass is 9.93. The molecule has 1 aliphatic rings. The highest BCUT2D eigenvalue weighted by Crippen LogP contribution is 2.14. The van der Waals surface area contributed by atoms with Gasteiger partial charge in [-0.3, -0.25) is 0 Å². The van der Waals surface area contributed by atoms with Gasteiger partial charge in [0.1, 0.15) is 0 Å². The van der Waals surface area contributed by atoms with Crippen molar-refractivity contribution < 1.29 is 9.53 Å². The third-order valence-corrected chi connectivity index (χ3v) is 3.41. The van der Waals surface area contributed by atoms with Crippen molar-refractivity contribution in [3.8, 4) is 0 Å². The molecule has 3 N–H and O–H groups in total. The number of carbonyl (C=O) groups excluding carboxylic acids is 1. The standard InChI is InChI=1S/C11H23N3O2/c1-3-11(4-2,9-12)13-10(15)14-5-7-16-8-6-14/h3-9,12H2,1-2H3,(H,13,15). The van der Waals surface area contributed by atoms with Crippen molar-refractivity contribution in [3.05, 3.63) is 0 Å². The van der Waals surface area contributed by atoms with Crippen LogP contribution in [0.1, 0.15) is 26.7 Å². The van der Waals surface area contributed by atoms with Crippen LogP contribution in [0.5, 0.6) is 0 Å². The summed E-state index contributed by atoms with van der Waals surface area (Å²) in [6.45, 7) is 7.17. The van der Waals surface area contributed by atoms with E-state index >= 15 is 0 Å². The third kappa shape index (κ3) is 3.09. The van der Waals surface area contributed by atoms with Gasteiger partial charge in [0.25, 0.3) is 0 Å². The van der Waals surface area contributed by atoms with Crippen LogP contribution in [0.15, 0.2) is 0 Å². The van der Waals surface area contributed by atoms with Crippen LogP contribution in [-0.4, -0.2) is 49.3 Å². The summed E-state index contributed by atoms with van der Waals surface area (Å²) >= 11 is 0. The number of hydrogen-bond donors (Lipinski definition) is 2. The maximum Gasteiger partial charge on any atom is 0.318 e. The minimum absolute atomic E-state index is 0.0162. The summed E-state index contributed by atoms with van der Waals surface area (Å²) in [7, 11) is 0. The van der Waals surface area contributed by atoms with Crippen LogP contribution in [0.25, 0.3) is 0 Å². The number of ether oxygens (including phenoxy) is 1. The van der Waals surface area contributed by atoms with Crippen molar-refractivity contribution in [2.45, 2.75) is 32.2 Å². The Balaban J connectivity index is 2.53. The van der Waals surface area contributed by atoms with Crippen molar-refractivity contribution in [2.24, 2.45) is 5.73 Å². The molecule has 0 spiro atoms. The number of carbonyl (C=O) groups is 1. The maximum absolute atomic E-state index is 12.0. The van der Waals surface area contributed by atoms with Crippen LogP contribution < -0.4 is 11.1 Å². The summed E-state index contributed by atoms with van der Waals surface area (Å²) in [5.74, 6) is 0. The Morgan fingerprint density at radius 3 is 2.38 bits per heavy atom. The van der Waals surface area contributed by atoms with Crippen molar-refractivity contribution in [1.29, 1.82) is 0 Å². The molecular weight excluding hydrogens is 206 g/mol. The van der Waals surface area contributed by atoms with E-state index in [9.17, 15) is 4.79 Å². The van der Waals surface area contributed by atoms with Crippen LogP contribution >= 0.6 is 0 Å². The zero-order valence-electron chi connectivity index (χ0n) is 10.3. The van der Waals surface area contributed by atoms with Crippen LogP contribution in [-0.2, 0) is 4.74 Å². The van der Waals surface area contributed by atoms with Crippen LogP contribution in [0, 0.1) is 0 Å². The molecule has 0 aromatic carbocycles. The number of nitrogens with two attached hydrogens (primary N) is 1. The number of nitrogens with zero attached hydrogens (tertiary/aromatic N) is 1. The lowest BCUT2D eigenvalue weighted by Gasteiger charge is -2.35. The summed E-state index contributed by atoms with van der Waals surface area (Å²) in [5, 5.41) is 3.06. The lowest BCUT2D eigenvalue weighted by molar-refractivity contribution is 0.0507. The monoisotopic (exact) mass is 229 g/mol. The van der Waals surface area contributed by atoms with Crippen molar-refractivity contribution in [3.63, 3.8) is 0 Å². The molecule has 0 saturated carbocycles. The molecular formula is C11H23N3O2. The largest absolute Gasteiger partial charge is 0.378 e. The van der Waals surface area contributed by atoms with Gasteiger partial charge in [0, 0.05) is 19.6 Å². The van der Waals surface area contributed by atoms with Gasteiger partial charge in [0.15, 0.2) is 0 Å². The van der Waals surface area contributed by atoms with Crippen LogP contribution in [0.2, 0.25) is 0 Å². The first-order chi connectivity index (χ1) is 7.67. The second kappa shape index (κ2) is 6.06. The Morgan fingerprint density at radius 1 is 1.38 bits per heavy atom. The van der Waals surface area contributed by atoms with Gasteiger partial charge in [-0.25, -0.2) is 4.79 Å². The SMILES string of the molecule is CCC(CC)(CN)NC(=O)N1CCOCC1. The molecule has 94 valence electrons. The van der Waals surface area contributed by atoms with Gasteiger partial charge in [-0.2, -0.15) is 0 Å². The highest BCUT2D eigenvalue weighted by atomic mass is 16.5. The fraction of sp³-hybridized carbons (Fsp3) is 0.909. The van der Waals surface area contributed by atoms with E-state index in [2.05, 4.69) is 19.2 Å². The zero-order chi connectivity index (χ0) is 12.0. The number of hydrogen-bond acceptors (Lipinski definition) is 3. The number of rotatable bonds is 4. The fourth-order valence-electron chi connectivity index (χ4n) is 1.84. The van der Waals surface area contributed by atoms with Gasteiger partial charge in [-0.05, 0) is 12.8 Å². The Morgan fingerprint density at radius 2 is 1.94 bits per heavy atom. The smallest absolute Gasteiger partial charge is 0.318 e. The Bertz CT molecular complexity index is 215. The minimum atomic E-state index is -0.255. The average Bonchev–Trinajstić information content (AvgIpc) is 2.37. The van der Waals surface area contributed by atoms with Gasteiger partial charge in [-0.15, -0.1) is 0 Å². The van der Waals surface area contributed by atoms with Crippen LogP contribution in [0.3, 0.4) is 0 Å². The van der Waals surface area contributed by atoms with E-state index in [0.717, 1.165) is 12.8 Å². The van der Waals surface area contributed by atoms with E-state index < -0.39 is 0 Å². The molecule has 1 heterocycles. The lowest BCUT2D eigenvalue weighted by Crippen LogP contribution is -2.58. The third-order valence-electron chi connectivity index (χ3n) is 3.41. The molecule has 1 aliphatic heterocycles. The zero-order valence-corrected chi connectivity index (χ0v) is 10.3. The van der Waals surface area contributed by atoms with Crippen molar-refractivity contribution in [2.75, 3.05) is 32.8 Å². The molecule has 1 saturated heterocycles. The highest BCUT2D eigenvalue weighted by molar-refractivity contribution is 5.75. The molecule has 0 atom stereocenters. The van der Waals surface area contributed by atoms with Gasteiger partial charge in [0.05, 0.1) is 18.8 Å². The van der Waals surface area contributed by atoms with Crippen LogP contribution in [0.4, 0.5) is 4.79 Å². The molecule has 0 bridgehead atoms. The van der Waals surface area contributed by atoms with E-state index in [0.29, 0.717) is 32.8 Å². The van der Waals surface area contributed by atoms with Crippen molar-refractivity contribution in [1.82, 2.24) is 10.2 Å². The Kier molecular flexibility index (Phi) is 5.02. The molecule has 1 rings (SSSR count). The Hall–Kier alpha value is -0.810.